The number of hydroxylamine groups is 1. The molecule has 0 fully saturated rings. The number of carbonyl (C=O) groups excluding carboxylic acids is 2. The highest BCUT2D eigenvalue weighted by atomic mass is 16.5. The first-order chi connectivity index (χ1) is 4.66. The smallest absolute Gasteiger partial charge is 0.269 e. The Hall–Kier alpha value is -0.940. The van der Waals surface area contributed by atoms with Gasteiger partial charge in [-0.2, -0.15) is 0 Å². The Balaban J connectivity index is 3.20. The van der Waals surface area contributed by atoms with Crippen LogP contribution in [0.2, 0.25) is 0 Å². The third-order valence-corrected chi connectivity index (χ3v) is 0.663. The highest BCUT2D eigenvalue weighted by Crippen LogP contribution is 1.75. The molecule has 0 saturated carbocycles. The number of nitrogens with one attached hydrogen (secondary N) is 1. The van der Waals surface area contributed by atoms with Crippen molar-refractivity contribution in [3.05, 3.63) is 0 Å². The Morgan fingerprint density at radius 3 is 2.50 bits per heavy atom. The maximum Gasteiger partial charge on any atom is 0.269 e. The SMILES string of the molecule is CC(=O)COCC(=O)NO. The van der Waals surface area contributed by atoms with Crippen LogP contribution in [-0.4, -0.2) is 30.1 Å². The van der Waals surface area contributed by atoms with E-state index in [1.165, 1.54) is 12.4 Å². The van der Waals surface area contributed by atoms with Crippen LogP contribution in [0.5, 0.6) is 0 Å². The van der Waals surface area contributed by atoms with Crippen LogP contribution in [0.3, 0.4) is 0 Å². The molecule has 1 amide bonds. The molecule has 0 aliphatic rings. The van der Waals surface area contributed by atoms with Crippen LogP contribution in [0, 0.1) is 0 Å². The van der Waals surface area contributed by atoms with Crippen molar-refractivity contribution in [3.8, 4) is 0 Å². The minimum absolute atomic E-state index is 0.104. The molecule has 5 heteroatoms. The summed E-state index contributed by atoms with van der Waals surface area (Å²) in [4.78, 5) is 20.4. The molecule has 0 aromatic carbocycles. The molecule has 0 aromatic rings. The fourth-order valence-corrected chi connectivity index (χ4v) is 0.320. The summed E-state index contributed by atoms with van der Waals surface area (Å²) in [7, 11) is 0. The average Bonchev–Trinajstić information content (AvgIpc) is 1.87. The van der Waals surface area contributed by atoms with Crippen LogP contribution >= 0.6 is 0 Å². The van der Waals surface area contributed by atoms with Crippen molar-refractivity contribution in [2.24, 2.45) is 0 Å². The zero-order valence-corrected chi connectivity index (χ0v) is 5.59. The summed E-state index contributed by atoms with van der Waals surface area (Å²) in [5.74, 6) is -0.827. The molecule has 0 rings (SSSR count). The maximum absolute atomic E-state index is 10.2. The largest absolute Gasteiger partial charge is 0.364 e. The Kier molecular flexibility index (Phi) is 4.43. The highest BCUT2D eigenvalue weighted by molar-refractivity contribution is 5.78. The van der Waals surface area contributed by atoms with E-state index in [-0.39, 0.29) is 19.0 Å². The van der Waals surface area contributed by atoms with Crippen LogP contribution in [-0.2, 0) is 14.3 Å². The second-order valence-corrected chi connectivity index (χ2v) is 1.73. The zero-order valence-electron chi connectivity index (χ0n) is 5.59. The molecule has 0 atom stereocenters. The van der Waals surface area contributed by atoms with Crippen LogP contribution < -0.4 is 5.48 Å². The molecule has 58 valence electrons. The standard InChI is InChI=1S/C5H9NO4/c1-4(7)2-10-3-5(8)6-9/h9H,2-3H2,1H3,(H,6,8). The first-order valence-corrected chi connectivity index (χ1v) is 2.67. The third kappa shape index (κ3) is 5.20. The van der Waals surface area contributed by atoms with Gasteiger partial charge in [0.15, 0.2) is 5.78 Å². The van der Waals surface area contributed by atoms with Gasteiger partial charge >= 0.3 is 0 Å². The van der Waals surface area contributed by atoms with Gasteiger partial charge in [-0.1, -0.05) is 0 Å². The van der Waals surface area contributed by atoms with Gasteiger partial charge in [-0.05, 0) is 6.92 Å². The third-order valence-electron chi connectivity index (χ3n) is 0.663. The number of amides is 1. The summed E-state index contributed by atoms with van der Waals surface area (Å²) < 4.78 is 4.53. The van der Waals surface area contributed by atoms with Crippen molar-refractivity contribution in [2.75, 3.05) is 13.2 Å². The fraction of sp³-hybridized carbons (Fsp3) is 0.600. The number of hydrogen-bond acceptors (Lipinski definition) is 4. The quantitative estimate of drug-likeness (QED) is 0.399. The van der Waals surface area contributed by atoms with Crippen molar-refractivity contribution in [1.82, 2.24) is 5.48 Å². The van der Waals surface area contributed by atoms with Crippen molar-refractivity contribution in [2.45, 2.75) is 6.92 Å². The van der Waals surface area contributed by atoms with Crippen LogP contribution in [0.4, 0.5) is 0 Å². The van der Waals surface area contributed by atoms with Gasteiger partial charge in [-0.25, -0.2) is 5.48 Å². The molecule has 0 heterocycles. The highest BCUT2D eigenvalue weighted by Gasteiger charge is 1.98. The fourth-order valence-electron chi connectivity index (χ4n) is 0.320. The molecule has 0 unspecified atom stereocenters. The number of Topliss-reactive ketones (excluding diaryl/α,β-unsaturated/α-hetero) is 1. The van der Waals surface area contributed by atoms with Gasteiger partial charge in [0, 0.05) is 0 Å². The summed E-state index contributed by atoms with van der Waals surface area (Å²) in [5.41, 5.74) is 1.36. The van der Waals surface area contributed by atoms with Crippen LogP contribution in [0.1, 0.15) is 6.92 Å². The molecule has 0 aliphatic heterocycles. The number of rotatable bonds is 4. The number of ketones is 1. The predicted molar refractivity (Wildman–Crippen MR) is 31.4 cm³/mol. The van der Waals surface area contributed by atoms with E-state index >= 15 is 0 Å². The topological polar surface area (TPSA) is 75.6 Å². The first-order valence-electron chi connectivity index (χ1n) is 2.67. The minimum atomic E-state index is -0.666. The summed E-state index contributed by atoms with van der Waals surface area (Å²) in [6, 6.07) is 0. The lowest BCUT2D eigenvalue weighted by Gasteiger charge is -1.97. The Morgan fingerprint density at radius 2 is 2.10 bits per heavy atom. The number of hydrogen-bond donors (Lipinski definition) is 2. The van der Waals surface area contributed by atoms with Crippen LogP contribution in [0.15, 0.2) is 0 Å². The van der Waals surface area contributed by atoms with Crippen LogP contribution in [0.25, 0.3) is 0 Å². The van der Waals surface area contributed by atoms with Crippen molar-refractivity contribution in [3.63, 3.8) is 0 Å². The number of carbonyl (C=O) groups is 2. The molecule has 5 nitrogen and oxygen atoms in total. The molecular formula is C5H9NO4. The Labute approximate surface area is 57.9 Å². The van der Waals surface area contributed by atoms with Gasteiger partial charge in [0.2, 0.25) is 0 Å². The average molecular weight is 147 g/mol. The molecule has 2 N–H and O–H groups in total. The molecule has 0 bridgehead atoms. The molecule has 0 radical (unpaired) electrons. The monoisotopic (exact) mass is 147 g/mol. The lowest BCUT2D eigenvalue weighted by atomic mass is 10.5. The van der Waals surface area contributed by atoms with Gasteiger partial charge in [0.05, 0.1) is 0 Å². The summed E-state index contributed by atoms with van der Waals surface area (Å²) >= 11 is 0. The number of ether oxygens (including phenoxy) is 1. The van der Waals surface area contributed by atoms with E-state index in [1.54, 1.807) is 0 Å². The second-order valence-electron chi connectivity index (χ2n) is 1.73. The van der Waals surface area contributed by atoms with E-state index in [0.29, 0.717) is 0 Å². The molecule has 10 heavy (non-hydrogen) atoms. The van der Waals surface area contributed by atoms with Crippen molar-refractivity contribution >= 4 is 11.7 Å². The van der Waals surface area contributed by atoms with E-state index in [2.05, 4.69) is 4.74 Å². The van der Waals surface area contributed by atoms with Gasteiger partial charge in [-0.3, -0.25) is 14.8 Å². The van der Waals surface area contributed by atoms with Crippen molar-refractivity contribution < 1.29 is 19.5 Å². The lowest BCUT2D eigenvalue weighted by Crippen LogP contribution is -2.25. The predicted octanol–water partition coefficient (Wildman–Crippen LogP) is -0.903. The Morgan fingerprint density at radius 1 is 1.50 bits per heavy atom. The molecule has 0 aliphatic carbocycles. The van der Waals surface area contributed by atoms with E-state index in [4.69, 9.17) is 5.21 Å². The molecular weight excluding hydrogens is 138 g/mol. The summed E-state index contributed by atoms with van der Waals surface area (Å²) in [6.45, 7) is 0.945. The lowest BCUT2D eigenvalue weighted by molar-refractivity contribution is -0.135. The van der Waals surface area contributed by atoms with Crippen molar-refractivity contribution in [1.29, 1.82) is 0 Å². The van der Waals surface area contributed by atoms with E-state index in [1.807, 2.05) is 0 Å². The van der Waals surface area contributed by atoms with Gasteiger partial charge in [0.1, 0.15) is 13.2 Å². The minimum Gasteiger partial charge on any atom is -0.364 e. The van der Waals surface area contributed by atoms with E-state index in [9.17, 15) is 9.59 Å². The Bertz CT molecular complexity index is 134. The van der Waals surface area contributed by atoms with Gasteiger partial charge < -0.3 is 4.74 Å². The maximum atomic E-state index is 10.2. The summed E-state index contributed by atoms with van der Waals surface area (Å²) in [6.07, 6.45) is 0. The van der Waals surface area contributed by atoms with Gasteiger partial charge in [-0.15, -0.1) is 0 Å². The summed E-state index contributed by atoms with van der Waals surface area (Å²) in [5, 5.41) is 7.94. The molecule has 0 saturated heterocycles. The zero-order chi connectivity index (χ0) is 7.98. The normalized spacial score (nSPS) is 9.00. The van der Waals surface area contributed by atoms with Gasteiger partial charge in [0.25, 0.3) is 5.91 Å². The van der Waals surface area contributed by atoms with E-state index < -0.39 is 5.91 Å². The second kappa shape index (κ2) is 4.89. The first kappa shape index (κ1) is 9.06. The van der Waals surface area contributed by atoms with E-state index in [0.717, 1.165) is 0 Å². The molecule has 0 aromatic heterocycles. The molecule has 0 spiro atoms.